The standard InChI is InChI=1S/C24H27N3O4/c1-24-14-11-22(29)27(24)20-6-4-3-5-19(20)23(30)26(24)16-13-21(28)25-15-12-17-7-9-18(31-2)10-8-17/h3-10H,11-16H2,1-2H3,(H,25,28). The van der Waals surface area contributed by atoms with E-state index in [4.69, 9.17) is 4.74 Å². The number of anilines is 1. The summed E-state index contributed by atoms with van der Waals surface area (Å²) in [5.74, 6) is 0.569. The van der Waals surface area contributed by atoms with E-state index in [-0.39, 0.29) is 30.7 Å². The summed E-state index contributed by atoms with van der Waals surface area (Å²) >= 11 is 0. The van der Waals surface area contributed by atoms with Crippen molar-refractivity contribution in [1.82, 2.24) is 10.2 Å². The molecule has 1 unspecified atom stereocenters. The zero-order chi connectivity index (χ0) is 22.0. The van der Waals surface area contributed by atoms with E-state index >= 15 is 0 Å². The summed E-state index contributed by atoms with van der Waals surface area (Å²) in [7, 11) is 1.63. The van der Waals surface area contributed by atoms with Crippen molar-refractivity contribution in [2.24, 2.45) is 0 Å². The summed E-state index contributed by atoms with van der Waals surface area (Å²) in [6.45, 7) is 2.69. The number of benzene rings is 2. The fraction of sp³-hybridized carbons (Fsp3) is 0.375. The average molecular weight is 421 g/mol. The van der Waals surface area contributed by atoms with Gasteiger partial charge in [-0.05, 0) is 49.6 Å². The van der Waals surface area contributed by atoms with Gasteiger partial charge >= 0.3 is 0 Å². The molecule has 0 aliphatic carbocycles. The molecular weight excluding hydrogens is 394 g/mol. The van der Waals surface area contributed by atoms with Crippen LogP contribution in [0.1, 0.15) is 42.1 Å². The summed E-state index contributed by atoms with van der Waals surface area (Å²) in [4.78, 5) is 41.6. The number of ether oxygens (including phenoxy) is 1. The molecule has 7 heteroatoms. The Morgan fingerprint density at radius 2 is 1.87 bits per heavy atom. The maximum Gasteiger partial charge on any atom is 0.257 e. The predicted molar refractivity (Wildman–Crippen MR) is 117 cm³/mol. The Bertz CT molecular complexity index is 1000. The molecule has 7 nitrogen and oxygen atoms in total. The van der Waals surface area contributed by atoms with Crippen LogP contribution in [0.2, 0.25) is 0 Å². The van der Waals surface area contributed by atoms with Crippen molar-refractivity contribution in [2.75, 3.05) is 25.1 Å². The van der Waals surface area contributed by atoms with Crippen LogP contribution in [0.5, 0.6) is 5.75 Å². The van der Waals surface area contributed by atoms with Gasteiger partial charge in [-0.15, -0.1) is 0 Å². The molecule has 2 aliphatic heterocycles. The molecule has 0 spiro atoms. The van der Waals surface area contributed by atoms with Crippen molar-refractivity contribution in [3.05, 3.63) is 59.7 Å². The Hall–Kier alpha value is -3.35. The lowest BCUT2D eigenvalue weighted by atomic mass is 9.98. The van der Waals surface area contributed by atoms with Gasteiger partial charge in [0.2, 0.25) is 11.8 Å². The molecule has 1 atom stereocenters. The Morgan fingerprint density at radius 3 is 2.61 bits per heavy atom. The number of rotatable bonds is 7. The highest BCUT2D eigenvalue weighted by Crippen LogP contribution is 2.43. The highest BCUT2D eigenvalue weighted by Gasteiger charge is 2.52. The van der Waals surface area contributed by atoms with Crippen LogP contribution in [0.25, 0.3) is 0 Å². The fourth-order valence-electron chi connectivity index (χ4n) is 4.48. The van der Waals surface area contributed by atoms with Crippen LogP contribution in [0.4, 0.5) is 5.69 Å². The van der Waals surface area contributed by atoms with Gasteiger partial charge in [-0.1, -0.05) is 24.3 Å². The first kappa shape index (κ1) is 20.9. The van der Waals surface area contributed by atoms with Crippen molar-refractivity contribution in [3.63, 3.8) is 0 Å². The highest BCUT2D eigenvalue weighted by atomic mass is 16.5. The third-order valence-corrected chi connectivity index (χ3v) is 6.20. The molecule has 2 aromatic rings. The van der Waals surface area contributed by atoms with Gasteiger partial charge in [0.15, 0.2) is 0 Å². The predicted octanol–water partition coefficient (Wildman–Crippen LogP) is 2.74. The second-order valence-electron chi connectivity index (χ2n) is 8.12. The van der Waals surface area contributed by atoms with Gasteiger partial charge < -0.3 is 15.0 Å². The van der Waals surface area contributed by atoms with Gasteiger partial charge in [-0.2, -0.15) is 0 Å². The molecule has 3 amide bonds. The van der Waals surface area contributed by atoms with E-state index in [1.807, 2.05) is 43.3 Å². The molecular formula is C24H27N3O4. The van der Waals surface area contributed by atoms with E-state index in [0.717, 1.165) is 11.3 Å². The topological polar surface area (TPSA) is 79.0 Å². The van der Waals surface area contributed by atoms with Crippen molar-refractivity contribution in [1.29, 1.82) is 0 Å². The van der Waals surface area contributed by atoms with E-state index in [1.165, 1.54) is 0 Å². The number of hydrogen-bond acceptors (Lipinski definition) is 4. The SMILES string of the molecule is COc1ccc(CCNC(=O)CCN2C(=O)c3ccccc3N3C(=O)CCC23C)cc1. The van der Waals surface area contributed by atoms with Gasteiger partial charge in [0.1, 0.15) is 11.4 Å². The van der Waals surface area contributed by atoms with Gasteiger partial charge in [-0.3, -0.25) is 19.3 Å². The van der Waals surface area contributed by atoms with Gasteiger partial charge in [0.25, 0.3) is 5.91 Å². The number of methoxy groups -OCH3 is 1. The van der Waals surface area contributed by atoms with Crippen molar-refractivity contribution >= 4 is 23.4 Å². The molecule has 0 aromatic heterocycles. The first-order chi connectivity index (χ1) is 14.9. The van der Waals surface area contributed by atoms with Gasteiger partial charge in [0, 0.05) is 25.9 Å². The monoisotopic (exact) mass is 421 g/mol. The molecule has 2 aromatic carbocycles. The van der Waals surface area contributed by atoms with Crippen LogP contribution in [0.15, 0.2) is 48.5 Å². The molecule has 2 heterocycles. The van der Waals surface area contributed by atoms with E-state index in [2.05, 4.69) is 5.32 Å². The molecule has 162 valence electrons. The first-order valence-electron chi connectivity index (χ1n) is 10.6. The molecule has 0 saturated carbocycles. The minimum absolute atomic E-state index is 0.0105. The van der Waals surface area contributed by atoms with Crippen molar-refractivity contribution in [3.8, 4) is 5.75 Å². The summed E-state index contributed by atoms with van der Waals surface area (Å²) in [6, 6.07) is 14.9. The quantitative estimate of drug-likeness (QED) is 0.746. The van der Waals surface area contributed by atoms with Crippen LogP contribution in [0.3, 0.4) is 0 Å². The Labute approximate surface area is 182 Å². The van der Waals surface area contributed by atoms with E-state index in [9.17, 15) is 14.4 Å². The van der Waals surface area contributed by atoms with Crippen LogP contribution >= 0.6 is 0 Å². The highest BCUT2D eigenvalue weighted by molar-refractivity contribution is 6.10. The maximum atomic E-state index is 13.2. The zero-order valence-electron chi connectivity index (χ0n) is 17.9. The summed E-state index contributed by atoms with van der Waals surface area (Å²) in [6.07, 6.45) is 1.85. The van der Waals surface area contributed by atoms with Crippen molar-refractivity contribution < 1.29 is 19.1 Å². The van der Waals surface area contributed by atoms with E-state index in [1.54, 1.807) is 29.0 Å². The van der Waals surface area contributed by atoms with Gasteiger partial charge in [-0.25, -0.2) is 0 Å². The van der Waals surface area contributed by atoms with Gasteiger partial charge in [0.05, 0.1) is 18.4 Å². The number of nitrogens with one attached hydrogen (secondary N) is 1. The summed E-state index contributed by atoms with van der Waals surface area (Å²) in [5, 5.41) is 2.93. The zero-order valence-corrected chi connectivity index (χ0v) is 17.9. The number of amides is 3. The normalized spacial score (nSPS) is 19.8. The van der Waals surface area contributed by atoms with Crippen LogP contribution in [-0.2, 0) is 16.0 Å². The molecule has 4 rings (SSSR count). The number of fused-ring (bicyclic) bond motifs is 3. The maximum absolute atomic E-state index is 13.2. The smallest absolute Gasteiger partial charge is 0.257 e. The molecule has 1 N–H and O–H groups in total. The lowest BCUT2D eigenvalue weighted by Gasteiger charge is -2.48. The Morgan fingerprint density at radius 1 is 1.13 bits per heavy atom. The molecule has 1 saturated heterocycles. The largest absolute Gasteiger partial charge is 0.497 e. The van der Waals surface area contributed by atoms with Crippen LogP contribution in [0, 0.1) is 0 Å². The second-order valence-corrected chi connectivity index (χ2v) is 8.12. The third kappa shape index (κ3) is 3.87. The molecule has 0 radical (unpaired) electrons. The molecule has 1 fully saturated rings. The Balaban J connectivity index is 1.37. The minimum Gasteiger partial charge on any atom is -0.497 e. The molecule has 0 bridgehead atoms. The average Bonchev–Trinajstić information content (AvgIpc) is 3.09. The fourth-order valence-corrected chi connectivity index (χ4v) is 4.48. The Kier molecular flexibility index (Phi) is 5.67. The molecule has 31 heavy (non-hydrogen) atoms. The summed E-state index contributed by atoms with van der Waals surface area (Å²) < 4.78 is 5.15. The van der Waals surface area contributed by atoms with Crippen molar-refractivity contribution in [2.45, 2.75) is 38.3 Å². The molecule has 2 aliphatic rings. The third-order valence-electron chi connectivity index (χ3n) is 6.20. The lowest BCUT2D eigenvalue weighted by Crippen LogP contribution is -2.62. The number of carbonyl (C=O) groups excluding carboxylic acids is 3. The van der Waals surface area contributed by atoms with E-state index < -0.39 is 5.66 Å². The second kappa shape index (κ2) is 8.41. The van der Waals surface area contributed by atoms with Crippen LogP contribution in [-0.4, -0.2) is 48.5 Å². The number of hydrogen-bond donors (Lipinski definition) is 1. The number of nitrogens with zero attached hydrogens (tertiary/aromatic N) is 2. The number of para-hydroxylation sites is 1. The first-order valence-corrected chi connectivity index (χ1v) is 10.6. The van der Waals surface area contributed by atoms with E-state index in [0.29, 0.717) is 37.1 Å². The lowest BCUT2D eigenvalue weighted by molar-refractivity contribution is -0.121. The summed E-state index contributed by atoms with van der Waals surface area (Å²) in [5.41, 5.74) is 1.55. The number of carbonyl (C=O) groups is 3. The van der Waals surface area contributed by atoms with Crippen LogP contribution < -0.4 is 15.0 Å². The minimum atomic E-state index is -0.730.